The Morgan fingerprint density at radius 1 is 0.850 bits per heavy atom. The van der Waals surface area contributed by atoms with Gasteiger partial charge in [0.05, 0.1) is 16.8 Å². The second kappa shape index (κ2) is 10.5. The molecule has 4 aromatic carbocycles. The van der Waals surface area contributed by atoms with Gasteiger partial charge in [0.1, 0.15) is 5.52 Å². The molecule has 6 rings (SSSR count). The molecule has 2 N–H and O–H groups in total. The van der Waals surface area contributed by atoms with E-state index in [4.69, 9.17) is 5.11 Å². The molecule has 1 amide bonds. The zero-order valence-electron chi connectivity index (χ0n) is 21.8. The summed E-state index contributed by atoms with van der Waals surface area (Å²) in [7, 11) is 0. The van der Waals surface area contributed by atoms with Gasteiger partial charge in [0, 0.05) is 24.2 Å². The van der Waals surface area contributed by atoms with E-state index in [2.05, 4.69) is 52.9 Å². The van der Waals surface area contributed by atoms with Crippen molar-refractivity contribution in [2.45, 2.75) is 19.4 Å². The zero-order valence-corrected chi connectivity index (χ0v) is 21.8. The van der Waals surface area contributed by atoms with Crippen molar-refractivity contribution in [3.63, 3.8) is 0 Å². The molecule has 7 heteroatoms. The molecular formula is C33H26N4O3. The quantitative estimate of drug-likeness (QED) is 0.253. The van der Waals surface area contributed by atoms with Crippen LogP contribution >= 0.6 is 0 Å². The summed E-state index contributed by atoms with van der Waals surface area (Å²) in [5, 5.41) is 23.4. The first-order chi connectivity index (χ1) is 19.5. The topological polar surface area (TPSA) is 96.6 Å². The van der Waals surface area contributed by atoms with Crippen molar-refractivity contribution in [1.82, 2.24) is 20.1 Å². The molecule has 7 nitrogen and oxygen atoms in total. The lowest BCUT2D eigenvalue weighted by Gasteiger charge is -2.14. The standard InChI is InChI=1S/C33H26N4O3/c1-21(26-16-15-24-9-5-6-10-27(24)17-26)30-31-29(32(38)34-19-22-11-13-25(14-12-22)33(39)40)18-28(20-37(31)36-35-30)23-7-3-2-4-8-23/h2-18,20-21H,19H2,1H3,(H,34,38)(H,39,40)/t21-/m0/s1. The Morgan fingerprint density at radius 3 is 2.33 bits per heavy atom. The number of hydrogen-bond donors (Lipinski definition) is 2. The summed E-state index contributed by atoms with van der Waals surface area (Å²) in [6, 6.07) is 32.7. The number of fused-ring (bicyclic) bond motifs is 2. The average Bonchev–Trinajstić information content (AvgIpc) is 3.43. The monoisotopic (exact) mass is 526 g/mol. The van der Waals surface area contributed by atoms with E-state index in [1.807, 2.05) is 54.7 Å². The molecule has 0 aliphatic rings. The van der Waals surface area contributed by atoms with E-state index in [1.54, 1.807) is 16.6 Å². The van der Waals surface area contributed by atoms with Crippen LogP contribution in [0.25, 0.3) is 27.4 Å². The van der Waals surface area contributed by atoms with Gasteiger partial charge in [-0.2, -0.15) is 0 Å². The van der Waals surface area contributed by atoms with Crippen molar-refractivity contribution < 1.29 is 14.7 Å². The Labute approximate surface area is 230 Å². The van der Waals surface area contributed by atoms with Crippen molar-refractivity contribution in [2.75, 3.05) is 0 Å². The number of nitrogens with one attached hydrogen (secondary N) is 1. The van der Waals surface area contributed by atoms with E-state index >= 15 is 0 Å². The Morgan fingerprint density at radius 2 is 1.57 bits per heavy atom. The zero-order chi connectivity index (χ0) is 27.6. The largest absolute Gasteiger partial charge is 0.478 e. The van der Waals surface area contributed by atoms with Gasteiger partial charge < -0.3 is 10.4 Å². The van der Waals surface area contributed by atoms with Crippen molar-refractivity contribution in [1.29, 1.82) is 0 Å². The van der Waals surface area contributed by atoms with Gasteiger partial charge in [-0.3, -0.25) is 4.79 Å². The summed E-state index contributed by atoms with van der Waals surface area (Å²) >= 11 is 0. The fourth-order valence-electron chi connectivity index (χ4n) is 4.98. The van der Waals surface area contributed by atoms with Crippen LogP contribution in [0.2, 0.25) is 0 Å². The predicted molar refractivity (Wildman–Crippen MR) is 154 cm³/mol. The molecule has 0 aliphatic carbocycles. The van der Waals surface area contributed by atoms with Crippen LogP contribution in [0.5, 0.6) is 0 Å². The number of benzene rings is 4. The second-order valence-corrected chi connectivity index (χ2v) is 9.79. The number of amides is 1. The van der Waals surface area contributed by atoms with Crippen LogP contribution in [0.15, 0.2) is 109 Å². The summed E-state index contributed by atoms with van der Waals surface area (Å²) in [6.07, 6.45) is 1.90. The highest BCUT2D eigenvalue weighted by Crippen LogP contribution is 2.32. The van der Waals surface area contributed by atoms with E-state index in [-0.39, 0.29) is 23.9 Å². The van der Waals surface area contributed by atoms with Crippen LogP contribution in [0.4, 0.5) is 0 Å². The van der Waals surface area contributed by atoms with Gasteiger partial charge in [-0.25, -0.2) is 9.31 Å². The van der Waals surface area contributed by atoms with Crippen molar-refractivity contribution >= 4 is 28.2 Å². The van der Waals surface area contributed by atoms with E-state index in [1.165, 1.54) is 12.1 Å². The van der Waals surface area contributed by atoms with Gasteiger partial charge in [-0.15, -0.1) is 5.10 Å². The van der Waals surface area contributed by atoms with Crippen LogP contribution < -0.4 is 5.32 Å². The summed E-state index contributed by atoms with van der Waals surface area (Å²) in [5.41, 5.74) is 5.72. The lowest BCUT2D eigenvalue weighted by molar-refractivity contribution is 0.0696. The molecule has 196 valence electrons. The number of carbonyl (C=O) groups excluding carboxylic acids is 1. The lowest BCUT2D eigenvalue weighted by Crippen LogP contribution is -2.24. The lowest BCUT2D eigenvalue weighted by atomic mass is 9.93. The minimum absolute atomic E-state index is 0.111. The predicted octanol–water partition coefficient (Wildman–Crippen LogP) is 6.33. The van der Waals surface area contributed by atoms with Crippen molar-refractivity contribution in [3.05, 3.63) is 137 Å². The maximum atomic E-state index is 13.7. The number of aromatic nitrogens is 3. The first-order valence-electron chi connectivity index (χ1n) is 13.0. The highest BCUT2D eigenvalue weighted by molar-refractivity contribution is 6.02. The Kier molecular flexibility index (Phi) is 6.54. The van der Waals surface area contributed by atoms with E-state index in [0.29, 0.717) is 16.8 Å². The summed E-state index contributed by atoms with van der Waals surface area (Å²) in [5.74, 6) is -1.36. The number of carboxylic acids is 1. The van der Waals surface area contributed by atoms with Gasteiger partial charge >= 0.3 is 5.97 Å². The normalized spacial score (nSPS) is 11.9. The van der Waals surface area contributed by atoms with E-state index in [9.17, 15) is 9.59 Å². The van der Waals surface area contributed by atoms with Crippen LogP contribution in [0, 0.1) is 0 Å². The smallest absolute Gasteiger partial charge is 0.335 e. The summed E-state index contributed by atoms with van der Waals surface area (Å²) < 4.78 is 1.69. The minimum Gasteiger partial charge on any atom is -0.478 e. The Bertz CT molecular complexity index is 1860. The molecule has 0 bridgehead atoms. The highest BCUT2D eigenvalue weighted by Gasteiger charge is 2.23. The number of pyridine rings is 1. The SMILES string of the molecule is C[C@@H](c1ccc2ccccc2c1)c1nnn2cc(-c3ccccc3)cc(C(=O)NCc3ccc(C(=O)O)cc3)c12. The van der Waals surface area contributed by atoms with E-state index in [0.717, 1.165) is 33.0 Å². The molecule has 0 spiro atoms. The second-order valence-electron chi connectivity index (χ2n) is 9.79. The van der Waals surface area contributed by atoms with Crippen molar-refractivity contribution in [2.24, 2.45) is 0 Å². The Hall–Kier alpha value is -5.30. The maximum absolute atomic E-state index is 13.7. The molecular weight excluding hydrogens is 500 g/mol. The van der Waals surface area contributed by atoms with Gasteiger partial charge in [-0.1, -0.05) is 97.1 Å². The maximum Gasteiger partial charge on any atom is 0.335 e. The number of rotatable bonds is 7. The van der Waals surface area contributed by atoms with Gasteiger partial charge in [0.15, 0.2) is 0 Å². The molecule has 0 saturated heterocycles. The van der Waals surface area contributed by atoms with Gasteiger partial charge in [0.25, 0.3) is 5.91 Å². The molecule has 0 fully saturated rings. The molecule has 2 heterocycles. The average molecular weight is 527 g/mol. The molecule has 6 aromatic rings. The molecule has 1 atom stereocenters. The summed E-state index contributed by atoms with van der Waals surface area (Å²) in [6.45, 7) is 2.32. The molecule has 0 radical (unpaired) electrons. The van der Waals surface area contributed by atoms with Crippen LogP contribution in [0.3, 0.4) is 0 Å². The third kappa shape index (κ3) is 4.80. The third-order valence-corrected chi connectivity index (χ3v) is 7.23. The Balaban J connectivity index is 1.40. The number of aromatic carboxylic acids is 1. The van der Waals surface area contributed by atoms with Gasteiger partial charge in [-0.05, 0) is 45.7 Å². The number of hydrogen-bond acceptors (Lipinski definition) is 4. The highest BCUT2D eigenvalue weighted by atomic mass is 16.4. The third-order valence-electron chi connectivity index (χ3n) is 7.23. The van der Waals surface area contributed by atoms with Crippen LogP contribution in [-0.4, -0.2) is 31.8 Å². The molecule has 40 heavy (non-hydrogen) atoms. The number of carboxylic acid groups (broad SMARTS) is 1. The van der Waals surface area contributed by atoms with Crippen molar-refractivity contribution in [3.8, 4) is 11.1 Å². The fraction of sp³-hybridized carbons (Fsp3) is 0.0909. The molecule has 0 unspecified atom stereocenters. The van der Waals surface area contributed by atoms with E-state index < -0.39 is 5.97 Å². The van der Waals surface area contributed by atoms with Crippen LogP contribution in [-0.2, 0) is 6.54 Å². The first kappa shape index (κ1) is 25.0. The fourth-order valence-corrected chi connectivity index (χ4v) is 4.98. The molecule has 2 aromatic heterocycles. The summed E-state index contributed by atoms with van der Waals surface area (Å²) in [4.78, 5) is 24.9. The molecule has 0 saturated carbocycles. The molecule has 0 aliphatic heterocycles. The van der Waals surface area contributed by atoms with Gasteiger partial charge in [0.2, 0.25) is 0 Å². The first-order valence-corrected chi connectivity index (χ1v) is 13.0. The number of carbonyl (C=O) groups is 2. The minimum atomic E-state index is -0.989. The number of nitrogens with zero attached hydrogens (tertiary/aromatic N) is 3. The van der Waals surface area contributed by atoms with Crippen LogP contribution in [0.1, 0.15) is 50.4 Å².